The maximum Gasteiger partial charge on any atom is 0.253 e. The van der Waals surface area contributed by atoms with Crippen LogP contribution in [0.3, 0.4) is 0 Å². The highest BCUT2D eigenvalue weighted by molar-refractivity contribution is 6.18. The van der Waals surface area contributed by atoms with Crippen LogP contribution in [0.5, 0.6) is 0 Å². The van der Waals surface area contributed by atoms with Crippen molar-refractivity contribution in [1.29, 1.82) is 5.41 Å². The minimum absolute atomic E-state index is 0.000531. The van der Waals surface area contributed by atoms with E-state index >= 15 is 0 Å². The second kappa shape index (κ2) is 18.4. The van der Waals surface area contributed by atoms with Gasteiger partial charge in [0, 0.05) is 18.8 Å². The molecular weight excluding hydrogens is 268 g/mol. The molecule has 1 rings (SSSR count). The summed E-state index contributed by atoms with van der Waals surface area (Å²) < 4.78 is 5.24. The second-order valence-corrected chi connectivity index (χ2v) is 3.42. The number of carbonyl (C=O) groups is 1. The molecule has 6 N–H and O–H groups in total. The zero-order valence-corrected chi connectivity index (χ0v) is 14.5. The molecule has 126 valence electrons. The van der Waals surface area contributed by atoms with E-state index in [4.69, 9.17) is 21.6 Å². The van der Waals surface area contributed by atoms with Crippen LogP contribution in [0.4, 0.5) is 0 Å². The van der Waals surface area contributed by atoms with Crippen molar-refractivity contribution in [3.8, 4) is 0 Å². The van der Waals surface area contributed by atoms with Crippen molar-refractivity contribution < 1.29 is 9.53 Å². The standard InChI is InChI=1S/C9H16N4O2.3C2H6/c10-8(11)7(9(12)14)4-13-6-2-1-3-15-5-6;3*1-2/h4,6,13H,1-3,5H2,(H3,10,11)(H2,12,14);3*1-2H3/b7-4+;;;. The zero-order valence-electron chi connectivity index (χ0n) is 14.5. The van der Waals surface area contributed by atoms with Crippen LogP contribution in [0.1, 0.15) is 54.4 Å². The van der Waals surface area contributed by atoms with E-state index in [0.29, 0.717) is 6.61 Å². The maximum absolute atomic E-state index is 10.9. The summed E-state index contributed by atoms with van der Waals surface area (Å²) in [4.78, 5) is 10.9. The topological polar surface area (TPSA) is 114 Å². The molecular formula is C15H34N4O2. The Morgan fingerprint density at radius 1 is 1.19 bits per heavy atom. The number of nitrogens with two attached hydrogens (primary N) is 2. The Hall–Kier alpha value is -1.56. The normalized spacial score (nSPS) is 16.7. The summed E-state index contributed by atoms with van der Waals surface area (Å²) in [5, 5.41) is 10.1. The van der Waals surface area contributed by atoms with E-state index in [1.807, 2.05) is 41.5 Å². The molecule has 1 aliphatic heterocycles. The summed E-state index contributed by atoms with van der Waals surface area (Å²) in [6.45, 7) is 13.4. The molecule has 6 heteroatoms. The molecule has 0 aliphatic carbocycles. The summed E-state index contributed by atoms with van der Waals surface area (Å²) in [5.74, 6) is -1.03. The Morgan fingerprint density at radius 2 is 1.71 bits per heavy atom. The molecule has 1 heterocycles. The monoisotopic (exact) mass is 302 g/mol. The van der Waals surface area contributed by atoms with Gasteiger partial charge in [-0.25, -0.2) is 0 Å². The Balaban J connectivity index is -0.000000478. The van der Waals surface area contributed by atoms with Crippen LogP contribution in [0.15, 0.2) is 11.8 Å². The van der Waals surface area contributed by atoms with Crippen LogP contribution in [0.25, 0.3) is 0 Å². The highest BCUT2D eigenvalue weighted by Gasteiger charge is 2.13. The van der Waals surface area contributed by atoms with Crippen LogP contribution in [0.2, 0.25) is 0 Å². The summed E-state index contributed by atoms with van der Waals surface area (Å²) in [6, 6.07) is 0.160. The van der Waals surface area contributed by atoms with E-state index in [9.17, 15) is 4.79 Å². The number of ether oxygens (including phenoxy) is 1. The van der Waals surface area contributed by atoms with Crippen LogP contribution in [0, 0.1) is 5.41 Å². The number of amidine groups is 1. The van der Waals surface area contributed by atoms with E-state index < -0.39 is 5.91 Å². The fourth-order valence-electron chi connectivity index (χ4n) is 1.35. The molecule has 0 spiro atoms. The first-order valence-corrected chi connectivity index (χ1v) is 7.79. The van der Waals surface area contributed by atoms with Gasteiger partial charge in [0.15, 0.2) is 0 Å². The number of primary amides is 1. The van der Waals surface area contributed by atoms with Crippen LogP contribution >= 0.6 is 0 Å². The van der Waals surface area contributed by atoms with Crippen molar-refractivity contribution in [3.05, 3.63) is 11.8 Å². The van der Waals surface area contributed by atoms with Gasteiger partial charge in [0.2, 0.25) is 0 Å². The SMILES string of the molecule is CC.CC.CC.N=C(N)/C(=C\NC1CCCOC1)C(N)=O. The number of hydrogen-bond acceptors (Lipinski definition) is 4. The van der Waals surface area contributed by atoms with Gasteiger partial charge in [-0.15, -0.1) is 0 Å². The Bertz CT molecular complexity index is 269. The number of hydrogen-bond donors (Lipinski definition) is 4. The fourth-order valence-corrected chi connectivity index (χ4v) is 1.35. The van der Waals surface area contributed by atoms with E-state index in [-0.39, 0.29) is 17.5 Å². The molecule has 1 amide bonds. The minimum atomic E-state index is -0.702. The Morgan fingerprint density at radius 3 is 2.05 bits per heavy atom. The molecule has 0 bridgehead atoms. The van der Waals surface area contributed by atoms with Gasteiger partial charge in [-0.05, 0) is 12.8 Å². The number of carbonyl (C=O) groups excluding carboxylic acids is 1. The van der Waals surface area contributed by atoms with E-state index in [2.05, 4.69) is 5.32 Å². The molecule has 1 aliphatic rings. The fraction of sp³-hybridized carbons (Fsp3) is 0.733. The van der Waals surface area contributed by atoms with E-state index in [1.165, 1.54) is 6.20 Å². The average molecular weight is 302 g/mol. The number of rotatable bonds is 4. The number of nitrogens with one attached hydrogen (secondary N) is 2. The van der Waals surface area contributed by atoms with Crippen molar-refractivity contribution >= 4 is 11.7 Å². The third kappa shape index (κ3) is 13.2. The Labute approximate surface area is 129 Å². The molecule has 0 aromatic heterocycles. The van der Waals surface area contributed by atoms with Gasteiger partial charge < -0.3 is 21.5 Å². The largest absolute Gasteiger partial charge is 0.385 e. The molecule has 1 atom stereocenters. The van der Waals surface area contributed by atoms with Gasteiger partial charge in [-0.2, -0.15) is 0 Å². The Kier molecular flexibility index (Phi) is 21.5. The molecule has 21 heavy (non-hydrogen) atoms. The molecule has 0 radical (unpaired) electrons. The highest BCUT2D eigenvalue weighted by atomic mass is 16.5. The van der Waals surface area contributed by atoms with Crippen molar-refractivity contribution in [3.63, 3.8) is 0 Å². The van der Waals surface area contributed by atoms with Crippen molar-refractivity contribution in [2.24, 2.45) is 11.5 Å². The first-order chi connectivity index (χ1) is 10.1. The van der Waals surface area contributed by atoms with E-state index in [1.54, 1.807) is 0 Å². The second-order valence-electron chi connectivity index (χ2n) is 3.42. The molecule has 1 saturated heterocycles. The third-order valence-corrected chi connectivity index (χ3v) is 2.18. The van der Waals surface area contributed by atoms with Crippen LogP contribution < -0.4 is 16.8 Å². The lowest BCUT2D eigenvalue weighted by Gasteiger charge is -2.22. The minimum Gasteiger partial charge on any atom is -0.385 e. The van der Waals surface area contributed by atoms with Gasteiger partial charge in [-0.3, -0.25) is 10.2 Å². The molecule has 0 aromatic rings. The predicted molar refractivity (Wildman–Crippen MR) is 90.2 cm³/mol. The lowest BCUT2D eigenvalue weighted by atomic mass is 10.1. The lowest BCUT2D eigenvalue weighted by Crippen LogP contribution is -2.35. The molecule has 0 saturated carbocycles. The number of amides is 1. The zero-order chi connectivity index (χ0) is 17.3. The smallest absolute Gasteiger partial charge is 0.253 e. The quantitative estimate of drug-likeness (QED) is 0.362. The molecule has 1 unspecified atom stereocenters. The highest BCUT2D eigenvalue weighted by Crippen LogP contribution is 2.05. The summed E-state index contributed by atoms with van der Waals surface area (Å²) in [6.07, 6.45) is 3.35. The lowest BCUT2D eigenvalue weighted by molar-refractivity contribution is -0.114. The van der Waals surface area contributed by atoms with Gasteiger partial charge in [0.1, 0.15) is 5.84 Å². The van der Waals surface area contributed by atoms with E-state index in [0.717, 1.165) is 19.4 Å². The van der Waals surface area contributed by atoms with Gasteiger partial charge >= 0.3 is 0 Å². The maximum atomic E-state index is 10.9. The predicted octanol–water partition coefficient (Wildman–Crippen LogP) is 2.14. The summed E-state index contributed by atoms with van der Waals surface area (Å²) in [7, 11) is 0. The summed E-state index contributed by atoms with van der Waals surface area (Å²) >= 11 is 0. The van der Waals surface area contributed by atoms with Crippen LogP contribution in [-0.4, -0.2) is 31.0 Å². The van der Waals surface area contributed by atoms with Gasteiger partial charge in [0.25, 0.3) is 5.91 Å². The van der Waals surface area contributed by atoms with Crippen LogP contribution in [-0.2, 0) is 9.53 Å². The van der Waals surface area contributed by atoms with Crippen molar-refractivity contribution in [1.82, 2.24) is 5.32 Å². The first-order valence-electron chi connectivity index (χ1n) is 7.79. The third-order valence-electron chi connectivity index (χ3n) is 2.18. The van der Waals surface area contributed by atoms with Crippen molar-refractivity contribution in [2.75, 3.05) is 13.2 Å². The summed E-state index contributed by atoms with van der Waals surface area (Å²) in [5.41, 5.74) is 10.3. The average Bonchev–Trinajstić information content (AvgIpc) is 2.54. The molecule has 1 fully saturated rings. The van der Waals surface area contributed by atoms with Gasteiger partial charge in [-0.1, -0.05) is 41.5 Å². The van der Waals surface area contributed by atoms with Crippen molar-refractivity contribution in [2.45, 2.75) is 60.4 Å². The molecule has 6 nitrogen and oxygen atoms in total. The van der Waals surface area contributed by atoms with Gasteiger partial charge in [0.05, 0.1) is 12.2 Å². The molecule has 0 aromatic carbocycles. The first kappa shape index (κ1) is 24.5.